The molecule has 1 fully saturated rings. The first-order valence-electron chi connectivity index (χ1n) is 8.49. The van der Waals surface area contributed by atoms with E-state index in [1.807, 2.05) is 42.5 Å². The van der Waals surface area contributed by atoms with Gasteiger partial charge in [-0.3, -0.25) is 14.9 Å². The van der Waals surface area contributed by atoms with E-state index >= 15 is 0 Å². The van der Waals surface area contributed by atoms with E-state index in [1.54, 1.807) is 12.1 Å². The van der Waals surface area contributed by atoms with Gasteiger partial charge in [-0.05, 0) is 23.6 Å². The van der Waals surface area contributed by atoms with Gasteiger partial charge in [0.15, 0.2) is 0 Å². The summed E-state index contributed by atoms with van der Waals surface area (Å²) in [5, 5.41) is 5.41. The van der Waals surface area contributed by atoms with Gasteiger partial charge in [0.2, 0.25) is 11.8 Å². The second-order valence-electron chi connectivity index (χ2n) is 6.10. The predicted molar refractivity (Wildman–Crippen MR) is 105 cm³/mol. The fourth-order valence-electron chi connectivity index (χ4n) is 2.80. The second kappa shape index (κ2) is 9.99. The molecular weight excluding hydrogens is 412 g/mol. The maximum atomic E-state index is 12.4. The van der Waals surface area contributed by atoms with Crippen LogP contribution in [-0.2, 0) is 27.5 Å². The minimum absolute atomic E-state index is 0. The van der Waals surface area contributed by atoms with Crippen LogP contribution in [0.2, 0.25) is 0 Å². The van der Waals surface area contributed by atoms with Crippen molar-refractivity contribution in [2.75, 3.05) is 0 Å². The lowest BCUT2D eigenvalue weighted by Crippen LogP contribution is -2.50. The van der Waals surface area contributed by atoms with Crippen molar-refractivity contribution in [1.82, 2.24) is 10.6 Å². The van der Waals surface area contributed by atoms with Crippen LogP contribution in [0.4, 0.5) is 0 Å². The molecule has 142 valence electrons. The lowest BCUT2D eigenvalue weighted by Gasteiger charge is -2.22. The van der Waals surface area contributed by atoms with Crippen LogP contribution in [0.3, 0.4) is 0 Å². The summed E-state index contributed by atoms with van der Waals surface area (Å²) in [5.41, 5.74) is 2.12. The van der Waals surface area contributed by atoms with Crippen LogP contribution in [0, 0.1) is 0 Å². The highest BCUT2D eigenvalue weighted by Crippen LogP contribution is 2.13. The Kier molecular flexibility index (Phi) is 7.69. The molecule has 2 N–H and O–H groups in total. The van der Waals surface area contributed by atoms with E-state index in [0.29, 0.717) is 24.9 Å². The van der Waals surface area contributed by atoms with Crippen LogP contribution >= 0.6 is 17.0 Å². The molecule has 2 aromatic carbocycles. The summed E-state index contributed by atoms with van der Waals surface area (Å²) in [6.45, 7) is 0.539. The van der Waals surface area contributed by atoms with Crippen molar-refractivity contribution >= 4 is 34.8 Å². The van der Waals surface area contributed by atoms with E-state index in [9.17, 15) is 14.4 Å². The normalized spacial score (nSPS) is 16.2. The molecular formula is C20H21BrN2O4. The lowest BCUT2D eigenvalue weighted by molar-refractivity contribution is -0.134. The number of piperidine rings is 1. The Morgan fingerprint density at radius 1 is 1.07 bits per heavy atom. The first-order chi connectivity index (χ1) is 12.6. The summed E-state index contributed by atoms with van der Waals surface area (Å²) in [5.74, 6) is -0.988. The summed E-state index contributed by atoms with van der Waals surface area (Å²) in [6.07, 6.45) is 0.759. The Labute approximate surface area is 168 Å². The summed E-state index contributed by atoms with van der Waals surface area (Å²) in [4.78, 5) is 35.4. The SMILES string of the molecule is Br.O=C1CC[C@H](NCc2ccccc2C(=O)OCc2ccccc2)C(=O)N1. The van der Waals surface area contributed by atoms with Gasteiger partial charge < -0.3 is 10.1 Å². The summed E-state index contributed by atoms with van der Waals surface area (Å²) in [7, 11) is 0. The van der Waals surface area contributed by atoms with Gasteiger partial charge >= 0.3 is 5.97 Å². The first kappa shape index (κ1) is 20.8. The molecule has 6 nitrogen and oxygen atoms in total. The lowest BCUT2D eigenvalue weighted by atomic mass is 10.0. The molecule has 2 amide bonds. The zero-order valence-corrected chi connectivity index (χ0v) is 16.4. The van der Waals surface area contributed by atoms with E-state index in [1.165, 1.54) is 0 Å². The minimum atomic E-state index is -0.443. The number of hydrogen-bond donors (Lipinski definition) is 2. The van der Waals surface area contributed by atoms with Crippen molar-refractivity contribution in [2.45, 2.75) is 32.0 Å². The Morgan fingerprint density at radius 3 is 2.52 bits per heavy atom. The number of carbonyl (C=O) groups is 3. The molecule has 0 bridgehead atoms. The number of nitrogens with one attached hydrogen (secondary N) is 2. The molecule has 0 spiro atoms. The molecule has 1 aliphatic heterocycles. The van der Waals surface area contributed by atoms with Crippen LogP contribution in [0.1, 0.15) is 34.3 Å². The molecule has 2 aromatic rings. The average molecular weight is 433 g/mol. The van der Waals surface area contributed by atoms with Crippen molar-refractivity contribution in [3.05, 3.63) is 71.3 Å². The minimum Gasteiger partial charge on any atom is -0.457 e. The van der Waals surface area contributed by atoms with Crippen molar-refractivity contribution < 1.29 is 19.1 Å². The summed E-state index contributed by atoms with van der Waals surface area (Å²) < 4.78 is 5.39. The molecule has 1 heterocycles. The van der Waals surface area contributed by atoms with Gasteiger partial charge in [-0.15, -0.1) is 17.0 Å². The van der Waals surface area contributed by atoms with Crippen molar-refractivity contribution in [3.63, 3.8) is 0 Å². The smallest absolute Gasteiger partial charge is 0.338 e. The van der Waals surface area contributed by atoms with Gasteiger partial charge in [-0.2, -0.15) is 0 Å². The van der Waals surface area contributed by atoms with Crippen LogP contribution in [-0.4, -0.2) is 23.8 Å². The summed E-state index contributed by atoms with van der Waals surface area (Å²) >= 11 is 0. The Hall–Kier alpha value is -2.51. The zero-order valence-electron chi connectivity index (χ0n) is 14.6. The molecule has 0 aliphatic carbocycles. The van der Waals surface area contributed by atoms with E-state index < -0.39 is 12.0 Å². The monoisotopic (exact) mass is 432 g/mol. The molecule has 0 aromatic heterocycles. The number of ether oxygens (including phenoxy) is 1. The molecule has 3 rings (SSSR count). The number of esters is 1. The largest absolute Gasteiger partial charge is 0.457 e. The number of carbonyl (C=O) groups excluding carboxylic acids is 3. The topological polar surface area (TPSA) is 84.5 Å². The van der Waals surface area contributed by atoms with Crippen LogP contribution < -0.4 is 10.6 Å². The quantitative estimate of drug-likeness (QED) is 0.541. The molecule has 1 atom stereocenters. The standard InChI is InChI=1S/C20H20N2O4.BrH/c23-18-11-10-17(19(24)22-18)21-12-15-8-4-5-9-16(15)20(25)26-13-14-6-2-1-3-7-14;/h1-9,17,21H,10-13H2,(H,22,23,24);1H/t17-;/m0./s1. The number of halogens is 1. The number of hydrogen-bond acceptors (Lipinski definition) is 5. The first-order valence-corrected chi connectivity index (χ1v) is 8.49. The highest BCUT2D eigenvalue weighted by molar-refractivity contribution is 8.93. The molecule has 7 heteroatoms. The van der Waals surface area contributed by atoms with Crippen LogP contribution in [0.5, 0.6) is 0 Å². The van der Waals surface area contributed by atoms with Gasteiger partial charge in [-0.25, -0.2) is 4.79 Å². The van der Waals surface area contributed by atoms with Crippen molar-refractivity contribution in [2.24, 2.45) is 0 Å². The Balaban J connectivity index is 0.00000261. The number of imide groups is 1. The third-order valence-electron chi connectivity index (χ3n) is 4.23. The van der Waals surface area contributed by atoms with E-state index in [4.69, 9.17) is 4.74 Å². The van der Waals surface area contributed by atoms with Crippen LogP contribution in [0.25, 0.3) is 0 Å². The van der Waals surface area contributed by atoms with Gasteiger partial charge in [0.25, 0.3) is 0 Å². The molecule has 1 aliphatic rings. The Morgan fingerprint density at radius 2 is 1.78 bits per heavy atom. The molecule has 0 saturated carbocycles. The summed E-state index contributed by atoms with van der Waals surface area (Å²) in [6, 6.07) is 16.1. The predicted octanol–water partition coefficient (Wildman–Crippen LogP) is 2.52. The van der Waals surface area contributed by atoms with Crippen LogP contribution in [0.15, 0.2) is 54.6 Å². The van der Waals surface area contributed by atoms with E-state index in [2.05, 4.69) is 10.6 Å². The van der Waals surface area contributed by atoms with E-state index in [0.717, 1.165) is 11.1 Å². The maximum Gasteiger partial charge on any atom is 0.338 e. The average Bonchev–Trinajstić information content (AvgIpc) is 2.66. The molecule has 27 heavy (non-hydrogen) atoms. The zero-order chi connectivity index (χ0) is 18.4. The van der Waals surface area contributed by atoms with Gasteiger partial charge in [0.05, 0.1) is 11.6 Å². The highest BCUT2D eigenvalue weighted by atomic mass is 79.9. The molecule has 0 radical (unpaired) electrons. The van der Waals surface area contributed by atoms with E-state index in [-0.39, 0.29) is 35.4 Å². The number of amides is 2. The number of benzene rings is 2. The van der Waals surface area contributed by atoms with Crippen molar-refractivity contribution in [1.29, 1.82) is 0 Å². The third-order valence-corrected chi connectivity index (χ3v) is 4.23. The molecule has 1 saturated heterocycles. The molecule has 0 unspecified atom stereocenters. The van der Waals surface area contributed by atoms with Gasteiger partial charge in [0.1, 0.15) is 6.61 Å². The Bertz CT molecular complexity index is 811. The fraction of sp³-hybridized carbons (Fsp3) is 0.250. The number of rotatable bonds is 6. The van der Waals surface area contributed by atoms with Gasteiger partial charge in [-0.1, -0.05) is 48.5 Å². The fourth-order valence-corrected chi connectivity index (χ4v) is 2.80. The maximum absolute atomic E-state index is 12.4. The van der Waals surface area contributed by atoms with Crippen molar-refractivity contribution in [3.8, 4) is 0 Å². The highest BCUT2D eigenvalue weighted by Gasteiger charge is 2.26. The third kappa shape index (κ3) is 5.74. The second-order valence-corrected chi connectivity index (χ2v) is 6.10. The van der Waals surface area contributed by atoms with Gasteiger partial charge in [0, 0.05) is 13.0 Å².